The number of hydrogen-bond acceptors (Lipinski definition) is 5. The van der Waals surface area contributed by atoms with Gasteiger partial charge in [-0.2, -0.15) is 0 Å². The van der Waals surface area contributed by atoms with Gasteiger partial charge < -0.3 is 0 Å². The second-order valence-corrected chi connectivity index (χ2v) is 7.81. The highest BCUT2D eigenvalue weighted by Gasteiger charge is 2.23. The number of nitro benzene ring substituents is 1. The van der Waals surface area contributed by atoms with Gasteiger partial charge in [-0.1, -0.05) is 66.8 Å². The van der Waals surface area contributed by atoms with Crippen molar-refractivity contribution in [3.63, 3.8) is 0 Å². The Kier molecular flexibility index (Phi) is 5.54. The second-order valence-electron chi connectivity index (χ2n) is 6.80. The quantitative estimate of drug-likeness (QED) is 0.302. The number of thiazole rings is 1. The Bertz CT molecular complexity index is 1220. The second kappa shape index (κ2) is 8.42. The summed E-state index contributed by atoms with van der Waals surface area (Å²) < 4.78 is 1.01. The smallest absolute Gasteiger partial charge is 0.270 e. The van der Waals surface area contributed by atoms with Crippen molar-refractivity contribution in [2.24, 2.45) is 0 Å². The van der Waals surface area contributed by atoms with E-state index < -0.39 is 4.92 Å². The van der Waals surface area contributed by atoms with E-state index in [9.17, 15) is 14.9 Å². The highest BCUT2D eigenvalue weighted by molar-refractivity contribution is 7.22. The molecule has 1 amide bonds. The van der Waals surface area contributed by atoms with Gasteiger partial charge in [-0.15, -0.1) is 0 Å². The van der Waals surface area contributed by atoms with Crippen LogP contribution in [0.25, 0.3) is 10.2 Å². The molecule has 150 valence electrons. The van der Waals surface area contributed by atoms with E-state index in [1.807, 2.05) is 48.5 Å². The average molecular weight is 417 g/mol. The summed E-state index contributed by atoms with van der Waals surface area (Å²) in [6.45, 7) is 2.40. The summed E-state index contributed by atoms with van der Waals surface area (Å²) >= 11 is 1.45. The molecule has 3 aromatic carbocycles. The number of amides is 1. The van der Waals surface area contributed by atoms with E-state index in [0.29, 0.717) is 11.7 Å². The molecule has 0 spiro atoms. The molecule has 0 N–H and O–H groups in total. The van der Waals surface area contributed by atoms with Crippen LogP contribution in [0.1, 0.15) is 28.4 Å². The van der Waals surface area contributed by atoms with Crippen LogP contribution in [-0.4, -0.2) is 15.8 Å². The van der Waals surface area contributed by atoms with Gasteiger partial charge in [0.25, 0.3) is 11.6 Å². The zero-order valence-electron chi connectivity index (χ0n) is 16.3. The molecule has 4 aromatic rings. The first kappa shape index (κ1) is 19.7. The van der Waals surface area contributed by atoms with Crippen molar-refractivity contribution in [1.82, 2.24) is 4.98 Å². The Morgan fingerprint density at radius 1 is 1.07 bits per heavy atom. The molecule has 0 saturated heterocycles. The molecule has 7 heteroatoms. The summed E-state index contributed by atoms with van der Waals surface area (Å²) in [7, 11) is 0. The van der Waals surface area contributed by atoms with Crippen LogP contribution in [0, 0.1) is 10.1 Å². The zero-order valence-corrected chi connectivity index (χ0v) is 17.1. The van der Waals surface area contributed by atoms with Gasteiger partial charge in [0.1, 0.15) is 0 Å². The highest BCUT2D eigenvalue weighted by atomic mass is 32.1. The predicted molar refractivity (Wildman–Crippen MR) is 119 cm³/mol. The maximum atomic E-state index is 13.4. The minimum Gasteiger partial charge on any atom is -0.279 e. The molecule has 1 aromatic heterocycles. The normalized spacial score (nSPS) is 10.8. The summed E-state index contributed by atoms with van der Waals surface area (Å²) in [5.74, 6) is -0.320. The molecule has 0 aliphatic carbocycles. The van der Waals surface area contributed by atoms with Gasteiger partial charge in [0.2, 0.25) is 0 Å². The van der Waals surface area contributed by atoms with Crippen molar-refractivity contribution in [2.45, 2.75) is 19.9 Å². The fraction of sp³-hybridized carbons (Fsp3) is 0.130. The van der Waals surface area contributed by atoms with Crippen LogP contribution >= 0.6 is 11.3 Å². The van der Waals surface area contributed by atoms with Crippen LogP contribution in [0.2, 0.25) is 0 Å². The van der Waals surface area contributed by atoms with E-state index in [1.54, 1.807) is 11.0 Å². The molecule has 0 unspecified atom stereocenters. The topological polar surface area (TPSA) is 76.3 Å². The number of nitrogens with zero attached hydrogens (tertiary/aromatic N) is 3. The number of fused-ring (bicyclic) bond motifs is 1. The number of para-hydroxylation sites is 1. The van der Waals surface area contributed by atoms with Crippen LogP contribution < -0.4 is 4.90 Å². The number of aryl methyl sites for hydroxylation is 1. The molecule has 0 aliphatic heterocycles. The Morgan fingerprint density at radius 3 is 2.57 bits per heavy atom. The van der Waals surface area contributed by atoms with Crippen molar-refractivity contribution in [1.29, 1.82) is 0 Å². The third-order valence-corrected chi connectivity index (χ3v) is 5.88. The van der Waals surface area contributed by atoms with Crippen LogP contribution in [0.4, 0.5) is 10.8 Å². The van der Waals surface area contributed by atoms with Gasteiger partial charge in [0.05, 0.1) is 21.7 Å². The number of carbonyl (C=O) groups excluding carboxylic acids is 1. The van der Waals surface area contributed by atoms with E-state index in [-0.39, 0.29) is 17.2 Å². The van der Waals surface area contributed by atoms with Crippen LogP contribution in [-0.2, 0) is 13.0 Å². The lowest BCUT2D eigenvalue weighted by Gasteiger charge is -2.20. The number of aromatic nitrogens is 1. The number of benzene rings is 3. The molecule has 0 fully saturated rings. The van der Waals surface area contributed by atoms with E-state index in [4.69, 9.17) is 4.98 Å². The van der Waals surface area contributed by atoms with E-state index in [2.05, 4.69) is 6.92 Å². The van der Waals surface area contributed by atoms with E-state index in [0.717, 1.165) is 27.8 Å². The van der Waals surface area contributed by atoms with E-state index in [1.165, 1.54) is 29.5 Å². The highest BCUT2D eigenvalue weighted by Crippen LogP contribution is 2.33. The van der Waals surface area contributed by atoms with Crippen molar-refractivity contribution < 1.29 is 9.72 Å². The zero-order chi connectivity index (χ0) is 21.1. The summed E-state index contributed by atoms with van der Waals surface area (Å²) in [4.78, 5) is 30.5. The van der Waals surface area contributed by atoms with E-state index >= 15 is 0 Å². The maximum Gasteiger partial charge on any atom is 0.270 e. The molecule has 0 radical (unpaired) electrons. The number of nitro groups is 1. The third kappa shape index (κ3) is 3.92. The lowest BCUT2D eigenvalue weighted by molar-refractivity contribution is -0.384. The SMILES string of the molecule is CCc1cccc2sc(N(Cc3ccccc3)C(=O)c3cccc([N+](=O)[O-])c3)nc12. The summed E-state index contributed by atoms with van der Waals surface area (Å²) in [6.07, 6.45) is 0.845. The van der Waals surface area contributed by atoms with Crippen LogP contribution in [0.3, 0.4) is 0 Å². The summed E-state index contributed by atoms with van der Waals surface area (Å²) in [5.41, 5.74) is 3.11. The molecular weight excluding hydrogens is 398 g/mol. The van der Waals surface area contributed by atoms with Gasteiger partial charge in [0, 0.05) is 17.7 Å². The van der Waals surface area contributed by atoms with Crippen molar-refractivity contribution in [3.8, 4) is 0 Å². The first-order valence-electron chi connectivity index (χ1n) is 9.55. The van der Waals surface area contributed by atoms with Gasteiger partial charge in [-0.3, -0.25) is 19.8 Å². The largest absolute Gasteiger partial charge is 0.279 e. The summed E-state index contributed by atoms with van der Waals surface area (Å²) in [6, 6.07) is 21.5. The maximum absolute atomic E-state index is 13.4. The standard InChI is InChI=1S/C23H19N3O3S/c1-2-17-10-7-13-20-21(17)24-23(30-20)25(15-16-8-4-3-5-9-16)22(27)18-11-6-12-19(14-18)26(28)29/h3-14H,2,15H2,1H3. The monoisotopic (exact) mass is 417 g/mol. The predicted octanol–water partition coefficient (Wildman–Crippen LogP) is 5.61. The Labute approximate surface area is 177 Å². The number of non-ortho nitro benzene ring substituents is 1. The minimum absolute atomic E-state index is 0.113. The number of anilines is 1. The molecule has 30 heavy (non-hydrogen) atoms. The fourth-order valence-electron chi connectivity index (χ4n) is 3.30. The molecule has 1 heterocycles. The number of carbonyl (C=O) groups is 1. The third-order valence-electron chi connectivity index (χ3n) is 4.84. The van der Waals surface area contributed by atoms with Gasteiger partial charge in [-0.25, -0.2) is 4.98 Å². The Hall–Kier alpha value is -3.58. The number of rotatable bonds is 6. The molecule has 0 aliphatic rings. The molecule has 6 nitrogen and oxygen atoms in total. The van der Waals surface area contributed by atoms with Gasteiger partial charge in [-0.05, 0) is 29.7 Å². The molecule has 0 atom stereocenters. The first-order chi connectivity index (χ1) is 14.6. The van der Waals surface area contributed by atoms with Crippen molar-refractivity contribution >= 4 is 38.3 Å². The molecular formula is C23H19N3O3S. The van der Waals surface area contributed by atoms with Crippen LogP contribution in [0.15, 0.2) is 72.8 Å². The fourth-order valence-corrected chi connectivity index (χ4v) is 4.31. The average Bonchev–Trinajstić information content (AvgIpc) is 3.22. The first-order valence-corrected chi connectivity index (χ1v) is 10.4. The number of hydrogen-bond donors (Lipinski definition) is 0. The van der Waals surface area contributed by atoms with Crippen molar-refractivity contribution in [2.75, 3.05) is 4.90 Å². The Morgan fingerprint density at radius 2 is 1.83 bits per heavy atom. The molecule has 0 saturated carbocycles. The Balaban J connectivity index is 1.79. The van der Waals surface area contributed by atoms with Crippen LogP contribution in [0.5, 0.6) is 0 Å². The molecule has 0 bridgehead atoms. The summed E-state index contributed by atoms with van der Waals surface area (Å²) in [5, 5.41) is 11.7. The van der Waals surface area contributed by atoms with Gasteiger partial charge in [0.15, 0.2) is 5.13 Å². The van der Waals surface area contributed by atoms with Crippen molar-refractivity contribution in [3.05, 3.63) is 99.6 Å². The minimum atomic E-state index is -0.496. The molecule has 4 rings (SSSR count). The lowest BCUT2D eigenvalue weighted by Crippen LogP contribution is -2.30. The lowest BCUT2D eigenvalue weighted by atomic mass is 10.1. The van der Waals surface area contributed by atoms with Gasteiger partial charge >= 0.3 is 0 Å².